The Bertz CT molecular complexity index is 1330. The molecular formula is C24H22N2O10S4-2. The Kier molecular flexibility index (Phi) is 15.9. The Labute approximate surface area is 247 Å². The lowest BCUT2D eigenvalue weighted by Gasteiger charge is -2.10. The second-order valence-electron chi connectivity index (χ2n) is 7.36. The summed E-state index contributed by atoms with van der Waals surface area (Å²) in [7, 11) is 3.08. The van der Waals surface area contributed by atoms with Gasteiger partial charge < -0.3 is 32.5 Å². The van der Waals surface area contributed by atoms with E-state index in [1.165, 1.54) is 22.5 Å². The van der Waals surface area contributed by atoms with E-state index in [-0.39, 0.29) is 50.9 Å². The van der Waals surface area contributed by atoms with Crippen LogP contribution in [0.3, 0.4) is 0 Å². The van der Waals surface area contributed by atoms with Gasteiger partial charge in [-0.3, -0.25) is 9.59 Å². The van der Waals surface area contributed by atoms with Crippen molar-refractivity contribution in [3.8, 4) is 21.9 Å². The molecule has 0 aliphatic heterocycles. The van der Waals surface area contributed by atoms with Crippen LogP contribution in [0.5, 0.6) is 11.5 Å². The molecule has 0 bridgehead atoms. The third-order valence-corrected chi connectivity index (χ3v) is 7.58. The molecular weight excluding hydrogens is 605 g/mol. The fourth-order valence-corrected chi connectivity index (χ4v) is 5.33. The third-order valence-electron chi connectivity index (χ3n) is 4.67. The van der Waals surface area contributed by atoms with Crippen LogP contribution in [-0.4, -0.2) is 36.2 Å². The summed E-state index contributed by atoms with van der Waals surface area (Å²) < 4.78 is 16.5. The number of rotatable bonds is 13. The molecule has 0 saturated carbocycles. The predicted octanol–water partition coefficient (Wildman–Crippen LogP) is 5.97. The second-order valence-corrected chi connectivity index (χ2v) is 10.3. The van der Waals surface area contributed by atoms with Crippen LogP contribution in [0.2, 0.25) is 0 Å². The van der Waals surface area contributed by atoms with Crippen molar-refractivity contribution in [2.75, 3.05) is 13.2 Å². The zero-order chi connectivity index (χ0) is 28.6. The summed E-state index contributed by atoms with van der Waals surface area (Å²) in [5, 5.41) is 9.15. The van der Waals surface area contributed by atoms with Crippen molar-refractivity contribution in [1.29, 1.82) is 5.59 Å². The first kappa shape index (κ1) is 34.3. The minimum absolute atomic E-state index is 0. The average Bonchev–Trinajstić information content (AvgIpc) is 3.37. The Balaban J connectivity index is 0.00000261. The van der Waals surface area contributed by atoms with Gasteiger partial charge >= 0.3 is 17.9 Å². The van der Waals surface area contributed by atoms with E-state index < -0.39 is 23.0 Å². The number of hydrogen-bond acceptors (Lipinski definition) is 14. The van der Waals surface area contributed by atoms with Gasteiger partial charge in [0, 0.05) is 4.88 Å². The topological polar surface area (TPSA) is 172 Å². The van der Waals surface area contributed by atoms with Crippen molar-refractivity contribution >= 4 is 64.3 Å². The van der Waals surface area contributed by atoms with Gasteiger partial charge in [-0.25, -0.2) is 4.79 Å². The molecule has 0 amide bonds. The molecule has 1 N–H and O–H groups in total. The van der Waals surface area contributed by atoms with E-state index in [9.17, 15) is 24.5 Å². The van der Waals surface area contributed by atoms with E-state index >= 15 is 0 Å². The Morgan fingerprint density at radius 3 is 2.20 bits per heavy atom. The van der Waals surface area contributed by atoms with Gasteiger partial charge in [-0.15, -0.1) is 10.1 Å². The highest BCUT2D eigenvalue weighted by Crippen LogP contribution is 2.31. The van der Waals surface area contributed by atoms with Gasteiger partial charge in [0.05, 0.1) is 26.1 Å². The van der Waals surface area contributed by atoms with Crippen LogP contribution in [0.4, 0.5) is 0 Å². The van der Waals surface area contributed by atoms with Crippen molar-refractivity contribution in [3.05, 3.63) is 79.0 Å². The number of esters is 3. The number of unbranched alkanes of at least 4 members (excludes halogenated alkanes) is 1. The largest absolute Gasteiger partial charge is 2.00 e. The summed E-state index contributed by atoms with van der Waals surface area (Å²) in [6, 6.07) is 15.0. The molecule has 0 unspecified atom stereocenters. The van der Waals surface area contributed by atoms with Crippen molar-refractivity contribution in [1.82, 2.24) is 0 Å². The van der Waals surface area contributed by atoms with Gasteiger partial charge in [0.15, 0.2) is 0 Å². The molecule has 0 atom stereocenters. The Morgan fingerprint density at radius 2 is 1.55 bits per heavy atom. The van der Waals surface area contributed by atoms with Gasteiger partial charge in [-0.05, 0) is 60.9 Å². The minimum atomic E-state index is -0.892. The van der Waals surface area contributed by atoms with Crippen LogP contribution in [0.25, 0.3) is 10.4 Å². The van der Waals surface area contributed by atoms with Gasteiger partial charge in [0.2, 0.25) is 0 Å². The quantitative estimate of drug-likeness (QED) is 0.0346. The maximum absolute atomic E-state index is 12.7. The molecule has 2 aromatic carbocycles. The number of benzene rings is 2. The molecule has 1 heterocycles. The van der Waals surface area contributed by atoms with Crippen LogP contribution in [0.15, 0.2) is 54.6 Å². The standard InChI is InChI=1S/C24H21NO9S3.HNO.S/c26-21(31-13-3-4-14-32-25(29)30)11-12-22(27)34-19-6-2-1-5-18(19)24(28)33-17-9-7-16(8-10-17)20-15-23(35)37-36-20;1-2;/h1-2,5-10,15H,3-4,11-14H2;1H;/q;;-2. The van der Waals surface area contributed by atoms with E-state index in [1.54, 1.807) is 34.6 Å². The minimum Gasteiger partial charge on any atom is -2.00 e. The molecule has 0 aliphatic rings. The number of para-hydroxylation sites is 1. The lowest BCUT2D eigenvalue weighted by Crippen LogP contribution is -2.16. The van der Waals surface area contributed by atoms with Gasteiger partial charge in [0.1, 0.15) is 20.9 Å². The third kappa shape index (κ3) is 12.0. The molecule has 1 aromatic heterocycles. The zero-order valence-electron chi connectivity index (χ0n) is 20.6. The first-order chi connectivity index (χ1) is 18.8. The summed E-state index contributed by atoms with van der Waals surface area (Å²) in [5.41, 5.74) is 5.50. The number of nitrogens with zero attached hydrogens (tertiary/aromatic N) is 1. The Hall–Kier alpha value is -3.73. The zero-order valence-corrected chi connectivity index (χ0v) is 23.9. The number of hydrogen-bond donors (Lipinski definition) is 1. The Morgan fingerprint density at radius 1 is 0.900 bits per heavy atom. The summed E-state index contributed by atoms with van der Waals surface area (Å²) in [6.45, 7) is -0.0384. The smallest absolute Gasteiger partial charge is 0.347 e. The van der Waals surface area contributed by atoms with Crippen LogP contribution >= 0.6 is 32.9 Å². The van der Waals surface area contributed by atoms with Gasteiger partial charge in [0.25, 0.3) is 5.09 Å². The fraction of sp³-hybridized carbons (Fsp3) is 0.250. The lowest BCUT2D eigenvalue weighted by atomic mass is 10.2. The van der Waals surface area contributed by atoms with Crippen LogP contribution in [-0.2, 0) is 32.7 Å². The van der Waals surface area contributed by atoms with Crippen molar-refractivity contribution in [2.45, 2.75) is 25.7 Å². The maximum atomic E-state index is 12.7. The predicted molar refractivity (Wildman–Crippen MR) is 151 cm³/mol. The summed E-state index contributed by atoms with van der Waals surface area (Å²) in [5.74, 6) is -1.72. The van der Waals surface area contributed by atoms with E-state index in [0.29, 0.717) is 18.6 Å². The first-order valence-corrected chi connectivity index (χ1v) is 13.7. The normalized spacial score (nSPS) is 9.70. The average molecular weight is 627 g/mol. The molecule has 40 heavy (non-hydrogen) atoms. The van der Waals surface area contributed by atoms with E-state index in [1.807, 2.05) is 18.2 Å². The van der Waals surface area contributed by atoms with Crippen LogP contribution < -0.4 is 9.47 Å². The molecule has 0 fully saturated rings. The van der Waals surface area contributed by atoms with Crippen molar-refractivity contribution < 1.29 is 38.5 Å². The molecule has 0 spiro atoms. The molecule has 16 heteroatoms. The van der Waals surface area contributed by atoms with Crippen LogP contribution in [0, 0.1) is 24.4 Å². The molecule has 12 nitrogen and oxygen atoms in total. The molecule has 214 valence electrons. The first-order valence-electron chi connectivity index (χ1n) is 11.2. The fourth-order valence-electron chi connectivity index (χ4n) is 2.93. The summed E-state index contributed by atoms with van der Waals surface area (Å²) >= 11 is 5.16. The number of nitroso groups, excluding NO2 is 1. The highest BCUT2D eigenvalue weighted by molar-refractivity contribution is 7.80. The van der Waals surface area contributed by atoms with Gasteiger partial charge in [-0.2, -0.15) is 4.91 Å². The van der Waals surface area contributed by atoms with E-state index in [4.69, 9.17) is 31.3 Å². The van der Waals surface area contributed by atoms with E-state index in [2.05, 4.69) is 10.4 Å². The monoisotopic (exact) mass is 626 g/mol. The lowest BCUT2D eigenvalue weighted by molar-refractivity contribution is -0.757. The highest BCUT2D eigenvalue weighted by Gasteiger charge is 2.18. The molecule has 0 saturated heterocycles. The maximum Gasteiger partial charge on any atom is 0.347 e. The summed E-state index contributed by atoms with van der Waals surface area (Å²) in [4.78, 5) is 59.5. The number of carbonyl (C=O) groups excluding carboxylic acids is 3. The SMILES string of the molecule is N=O.O=C(CCC(=O)Oc1ccccc1C(=O)Oc1ccc(-c2cc(=S)ss2)cc1)OCCCCO[N+](=O)[O-].[S-2]. The van der Waals surface area contributed by atoms with Gasteiger partial charge in [-0.1, -0.05) is 50.6 Å². The van der Waals surface area contributed by atoms with E-state index in [0.717, 1.165) is 14.3 Å². The highest BCUT2D eigenvalue weighted by atomic mass is 32.9. The summed E-state index contributed by atoms with van der Waals surface area (Å²) in [6.07, 6.45) is 0.245. The van der Waals surface area contributed by atoms with Crippen LogP contribution in [0.1, 0.15) is 36.0 Å². The number of ether oxygens (including phenoxy) is 3. The molecule has 0 aliphatic carbocycles. The molecule has 3 aromatic rings. The molecule has 3 rings (SSSR count). The second kappa shape index (κ2) is 18.5. The number of nitrogens with one attached hydrogen (secondary N) is 1. The van der Waals surface area contributed by atoms with Crippen molar-refractivity contribution in [2.24, 2.45) is 0 Å². The number of carbonyl (C=O) groups is 3. The van der Waals surface area contributed by atoms with Crippen molar-refractivity contribution in [3.63, 3.8) is 0 Å². The molecule has 0 radical (unpaired) electrons.